The second-order valence-electron chi connectivity index (χ2n) is 4.13. The van der Waals surface area contributed by atoms with E-state index in [9.17, 15) is 4.79 Å². The maximum Gasteiger partial charge on any atom is 0.337 e. The molecule has 0 saturated carbocycles. The SMILES string of the molecule is COC(=O)c1ccn2c(-c3cccnc3)nc(Cl)c2c1. The van der Waals surface area contributed by atoms with Crippen molar-refractivity contribution in [2.75, 3.05) is 7.11 Å². The Morgan fingerprint density at radius 2 is 2.25 bits per heavy atom. The molecule has 0 spiro atoms. The van der Waals surface area contributed by atoms with Crippen LogP contribution >= 0.6 is 11.6 Å². The van der Waals surface area contributed by atoms with Crippen LogP contribution in [0.4, 0.5) is 0 Å². The molecule has 0 aliphatic heterocycles. The van der Waals surface area contributed by atoms with Crippen LogP contribution in [0.5, 0.6) is 0 Å². The minimum Gasteiger partial charge on any atom is -0.465 e. The lowest BCUT2D eigenvalue weighted by Gasteiger charge is -2.03. The van der Waals surface area contributed by atoms with Crippen LogP contribution in [0.3, 0.4) is 0 Å². The third kappa shape index (κ3) is 2.02. The first-order valence-electron chi connectivity index (χ1n) is 5.87. The molecule has 0 atom stereocenters. The Morgan fingerprint density at radius 3 is 2.95 bits per heavy atom. The summed E-state index contributed by atoms with van der Waals surface area (Å²) in [4.78, 5) is 19.9. The minimum absolute atomic E-state index is 0.328. The number of rotatable bonds is 2. The highest BCUT2D eigenvalue weighted by Gasteiger charge is 2.14. The summed E-state index contributed by atoms with van der Waals surface area (Å²) in [5.74, 6) is 0.266. The van der Waals surface area contributed by atoms with Crippen molar-refractivity contribution in [2.45, 2.75) is 0 Å². The molecule has 3 aromatic heterocycles. The Balaban J connectivity index is 2.20. The fraction of sp³-hybridized carbons (Fsp3) is 0.0714. The molecule has 20 heavy (non-hydrogen) atoms. The number of esters is 1. The Hall–Kier alpha value is -2.40. The van der Waals surface area contributed by atoms with Crippen LogP contribution in [0.2, 0.25) is 5.15 Å². The zero-order valence-electron chi connectivity index (χ0n) is 10.6. The lowest BCUT2D eigenvalue weighted by molar-refractivity contribution is 0.0601. The number of halogens is 1. The minimum atomic E-state index is -0.410. The summed E-state index contributed by atoms with van der Waals surface area (Å²) in [6.07, 6.45) is 5.14. The van der Waals surface area contributed by atoms with Crippen LogP contribution in [0, 0.1) is 0 Å². The standard InChI is InChI=1S/C14H10ClN3O2/c1-20-14(19)9-4-6-18-11(7-9)12(15)17-13(18)10-3-2-5-16-8-10/h2-8H,1H3. The highest BCUT2D eigenvalue weighted by molar-refractivity contribution is 6.33. The fourth-order valence-corrected chi connectivity index (χ4v) is 2.22. The number of nitrogens with zero attached hydrogens (tertiary/aromatic N) is 3. The Morgan fingerprint density at radius 1 is 1.40 bits per heavy atom. The summed E-state index contributed by atoms with van der Waals surface area (Å²) < 4.78 is 6.51. The van der Waals surface area contributed by atoms with E-state index in [-0.39, 0.29) is 0 Å². The van der Waals surface area contributed by atoms with Gasteiger partial charge in [-0.1, -0.05) is 11.6 Å². The van der Waals surface area contributed by atoms with Crippen molar-refractivity contribution < 1.29 is 9.53 Å². The summed E-state index contributed by atoms with van der Waals surface area (Å²) >= 11 is 6.14. The summed E-state index contributed by atoms with van der Waals surface area (Å²) in [6.45, 7) is 0. The Bertz CT molecular complexity index is 784. The quantitative estimate of drug-likeness (QED) is 0.680. The largest absolute Gasteiger partial charge is 0.465 e. The zero-order chi connectivity index (χ0) is 14.1. The molecule has 0 amide bonds. The molecule has 3 aromatic rings. The Labute approximate surface area is 119 Å². The molecule has 0 unspecified atom stereocenters. The van der Waals surface area contributed by atoms with Crippen molar-refractivity contribution in [3.63, 3.8) is 0 Å². The van der Waals surface area contributed by atoms with Crippen molar-refractivity contribution in [1.82, 2.24) is 14.4 Å². The van der Waals surface area contributed by atoms with E-state index in [1.54, 1.807) is 30.7 Å². The van der Waals surface area contributed by atoms with Gasteiger partial charge in [-0.25, -0.2) is 9.78 Å². The predicted molar refractivity (Wildman–Crippen MR) is 74.8 cm³/mol. The number of aromatic nitrogens is 3. The third-order valence-corrected chi connectivity index (χ3v) is 3.22. The number of methoxy groups -OCH3 is 1. The van der Waals surface area contributed by atoms with Gasteiger partial charge in [0, 0.05) is 24.2 Å². The van der Waals surface area contributed by atoms with E-state index in [1.165, 1.54) is 7.11 Å². The molecule has 0 aromatic carbocycles. The van der Waals surface area contributed by atoms with Crippen LogP contribution in [0.1, 0.15) is 10.4 Å². The monoisotopic (exact) mass is 287 g/mol. The second kappa shape index (κ2) is 4.94. The number of carbonyl (C=O) groups excluding carboxylic acids is 1. The van der Waals surface area contributed by atoms with Gasteiger partial charge in [-0.05, 0) is 24.3 Å². The van der Waals surface area contributed by atoms with Gasteiger partial charge < -0.3 is 4.74 Å². The molecule has 5 nitrogen and oxygen atoms in total. The molecule has 0 saturated heterocycles. The van der Waals surface area contributed by atoms with E-state index in [4.69, 9.17) is 16.3 Å². The van der Waals surface area contributed by atoms with Crippen molar-refractivity contribution in [3.05, 3.63) is 53.6 Å². The number of hydrogen-bond donors (Lipinski definition) is 0. The first kappa shape index (κ1) is 12.6. The third-order valence-electron chi connectivity index (χ3n) is 2.94. The molecular formula is C14H10ClN3O2. The predicted octanol–water partition coefficient (Wildman–Crippen LogP) is 2.84. The number of hydrogen-bond acceptors (Lipinski definition) is 4. The van der Waals surface area contributed by atoms with Crippen molar-refractivity contribution >= 4 is 23.1 Å². The summed E-state index contributed by atoms with van der Waals surface area (Å²) in [6, 6.07) is 7.04. The van der Waals surface area contributed by atoms with Crippen LogP contribution in [-0.2, 0) is 4.74 Å². The number of pyridine rings is 2. The van der Waals surface area contributed by atoms with E-state index in [0.717, 1.165) is 5.56 Å². The van der Waals surface area contributed by atoms with Gasteiger partial charge in [-0.15, -0.1) is 0 Å². The maximum atomic E-state index is 11.5. The Kier molecular flexibility index (Phi) is 3.12. The van der Waals surface area contributed by atoms with Gasteiger partial charge in [0.1, 0.15) is 5.82 Å². The molecular weight excluding hydrogens is 278 g/mol. The smallest absolute Gasteiger partial charge is 0.337 e. The van der Waals surface area contributed by atoms with E-state index < -0.39 is 5.97 Å². The van der Waals surface area contributed by atoms with Gasteiger partial charge >= 0.3 is 5.97 Å². The second-order valence-corrected chi connectivity index (χ2v) is 4.49. The number of ether oxygens (including phenoxy) is 1. The van der Waals surface area contributed by atoms with Gasteiger partial charge in [0.2, 0.25) is 0 Å². The lowest BCUT2D eigenvalue weighted by Crippen LogP contribution is -2.02. The van der Waals surface area contributed by atoms with E-state index in [0.29, 0.717) is 22.1 Å². The summed E-state index contributed by atoms with van der Waals surface area (Å²) in [5.41, 5.74) is 1.92. The molecule has 0 N–H and O–H groups in total. The van der Waals surface area contributed by atoms with Gasteiger partial charge in [-0.3, -0.25) is 9.38 Å². The number of fused-ring (bicyclic) bond motifs is 1. The average molecular weight is 288 g/mol. The van der Waals surface area contributed by atoms with E-state index >= 15 is 0 Å². The van der Waals surface area contributed by atoms with Crippen molar-refractivity contribution in [1.29, 1.82) is 0 Å². The van der Waals surface area contributed by atoms with E-state index in [1.807, 2.05) is 16.5 Å². The van der Waals surface area contributed by atoms with Crippen LogP contribution in [0.25, 0.3) is 16.9 Å². The topological polar surface area (TPSA) is 56.5 Å². The van der Waals surface area contributed by atoms with Gasteiger partial charge in [-0.2, -0.15) is 0 Å². The molecule has 0 radical (unpaired) electrons. The van der Waals surface area contributed by atoms with Gasteiger partial charge in [0.15, 0.2) is 5.15 Å². The number of carbonyl (C=O) groups is 1. The van der Waals surface area contributed by atoms with Crippen LogP contribution < -0.4 is 0 Å². The zero-order valence-corrected chi connectivity index (χ0v) is 11.3. The summed E-state index contributed by atoms with van der Waals surface area (Å²) in [5, 5.41) is 0.328. The maximum absolute atomic E-state index is 11.5. The molecule has 100 valence electrons. The van der Waals surface area contributed by atoms with Gasteiger partial charge in [0.05, 0.1) is 18.2 Å². The highest BCUT2D eigenvalue weighted by Crippen LogP contribution is 2.26. The molecule has 0 aliphatic carbocycles. The first-order chi connectivity index (χ1) is 9.70. The van der Waals surface area contributed by atoms with E-state index in [2.05, 4.69) is 9.97 Å². The average Bonchev–Trinajstić information content (AvgIpc) is 2.84. The first-order valence-corrected chi connectivity index (χ1v) is 6.25. The lowest BCUT2D eigenvalue weighted by atomic mass is 10.2. The van der Waals surface area contributed by atoms with Gasteiger partial charge in [0.25, 0.3) is 0 Å². The normalized spacial score (nSPS) is 10.7. The molecule has 0 bridgehead atoms. The van der Waals surface area contributed by atoms with Crippen molar-refractivity contribution in [3.8, 4) is 11.4 Å². The van der Waals surface area contributed by atoms with Crippen LogP contribution in [0.15, 0.2) is 42.9 Å². The van der Waals surface area contributed by atoms with Crippen LogP contribution in [-0.4, -0.2) is 27.4 Å². The molecule has 0 aliphatic rings. The highest BCUT2D eigenvalue weighted by atomic mass is 35.5. The molecule has 6 heteroatoms. The fourth-order valence-electron chi connectivity index (χ4n) is 1.99. The summed E-state index contributed by atoms with van der Waals surface area (Å²) in [7, 11) is 1.34. The number of imidazole rings is 1. The molecule has 0 fully saturated rings. The molecule has 3 rings (SSSR count). The molecule has 3 heterocycles. The van der Waals surface area contributed by atoms with Crippen molar-refractivity contribution in [2.24, 2.45) is 0 Å².